The van der Waals surface area contributed by atoms with Gasteiger partial charge in [0.2, 0.25) is 0 Å². The second-order valence-corrected chi connectivity index (χ2v) is 5.64. The minimum Gasteiger partial charge on any atom is -0.362 e. The predicted octanol–water partition coefficient (Wildman–Crippen LogP) is 1.66. The van der Waals surface area contributed by atoms with E-state index in [-0.39, 0.29) is 5.41 Å². The molecule has 0 aromatic carbocycles. The van der Waals surface area contributed by atoms with E-state index in [0.29, 0.717) is 12.4 Å². The molecule has 0 aliphatic carbocycles. The summed E-state index contributed by atoms with van der Waals surface area (Å²) in [6.07, 6.45) is 0. The molecule has 96 valence electrons. The van der Waals surface area contributed by atoms with Crippen LogP contribution in [-0.4, -0.2) is 30.6 Å². The summed E-state index contributed by atoms with van der Waals surface area (Å²) in [7, 11) is 0. The molecule has 0 amide bonds. The molecule has 0 aliphatic heterocycles. The van der Waals surface area contributed by atoms with Crippen LogP contribution in [0.25, 0.3) is 0 Å². The summed E-state index contributed by atoms with van der Waals surface area (Å²) in [5.41, 5.74) is -0.105. The molecule has 2 rings (SSSR count). The number of nitrogens with zero attached hydrogens (tertiary/aromatic N) is 5. The maximum absolute atomic E-state index is 4.47. The Kier molecular flexibility index (Phi) is 3.55. The molecule has 8 heteroatoms. The first-order valence-electron chi connectivity index (χ1n) is 5.46. The van der Waals surface area contributed by atoms with E-state index in [9.17, 15) is 0 Å². The molecule has 0 aliphatic rings. The van der Waals surface area contributed by atoms with Crippen LogP contribution >= 0.6 is 15.9 Å². The summed E-state index contributed by atoms with van der Waals surface area (Å²) < 4.78 is 0.748. The minimum absolute atomic E-state index is 0.105. The summed E-state index contributed by atoms with van der Waals surface area (Å²) in [5.74, 6) is 2.08. The van der Waals surface area contributed by atoms with Gasteiger partial charge in [0, 0.05) is 11.5 Å². The van der Waals surface area contributed by atoms with Crippen LogP contribution in [0.1, 0.15) is 32.4 Å². The highest BCUT2D eigenvalue weighted by Gasteiger charge is 2.18. The molecule has 2 aromatic rings. The van der Waals surface area contributed by atoms with Crippen molar-refractivity contribution >= 4 is 21.7 Å². The zero-order valence-electron chi connectivity index (χ0n) is 10.4. The van der Waals surface area contributed by atoms with E-state index in [2.05, 4.69) is 72.6 Å². The lowest BCUT2D eigenvalue weighted by molar-refractivity contribution is 0.544. The van der Waals surface area contributed by atoms with Crippen molar-refractivity contribution in [3.05, 3.63) is 22.3 Å². The van der Waals surface area contributed by atoms with Crippen molar-refractivity contribution in [3.63, 3.8) is 0 Å². The van der Waals surface area contributed by atoms with Crippen LogP contribution in [0, 0.1) is 0 Å². The van der Waals surface area contributed by atoms with Crippen LogP contribution in [0.15, 0.2) is 10.7 Å². The number of anilines is 1. The van der Waals surface area contributed by atoms with Gasteiger partial charge < -0.3 is 5.32 Å². The van der Waals surface area contributed by atoms with Crippen molar-refractivity contribution in [2.24, 2.45) is 0 Å². The van der Waals surface area contributed by atoms with Crippen molar-refractivity contribution in [1.82, 2.24) is 30.6 Å². The molecule has 2 aromatic heterocycles. The molecule has 0 saturated heterocycles. The molecule has 0 unspecified atom stereocenters. The molecule has 0 spiro atoms. The third-order valence-electron chi connectivity index (χ3n) is 2.18. The number of aromatic nitrogens is 6. The normalized spacial score (nSPS) is 11.6. The van der Waals surface area contributed by atoms with Gasteiger partial charge in [0.05, 0.1) is 6.54 Å². The van der Waals surface area contributed by atoms with Crippen molar-refractivity contribution < 1.29 is 0 Å². The number of aromatic amines is 1. The Morgan fingerprint density at radius 1 is 1.33 bits per heavy atom. The van der Waals surface area contributed by atoms with Crippen LogP contribution in [0.4, 0.5) is 5.82 Å². The fourth-order valence-corrected chi connectivity index (χ4v) is 1.66. The molecule has 2 N–H and O–H groups in total. The van der Waals surface area contributed by atoms with Gasteiger partial charge in [-0.3, -0.25) is 0 Å². The first-order chi connectivity index (χ1) is 8.45. The van der Waals surface area contributed by atoms with Crippen molar-refractivity contribution in [1.29, 1.82) is 0 Å². The quantitative estimate of drug-likeness (QED) is 0.838. The van der Waals surface area contributed by atoms with Gasteiger partial charge in [-0.2, -0.15) is 5.21 Å². The van der Waals surface area contributed by atoms with Gasteiger partial charge in [-0.25, -0.2) is 9.97 Å². The Hall–Kier alpha value is -1.57. The van der Waals surface area contributed by atoms with Gasteiger partial charge in [0.25, 0.3) is 0 Å². The van der Waals surface area contributed by atoms with E-state index < -0.39 is 0 Å². The average molecular weight is 312 g/mol. The maximum atomic E-state index is 4.47. The highest BCUT2D eigenvalue weighted by atomic mass is 79.9. The number of halogens is 1. The Morgan fingerprint density at radius 2 is 2.11 bits per heavy atom. The molecule has 0 saturated carbocycles. The molecule has 0 fully saturated rings. The fourth-order valence-electron chi connectivity index (χ4n) is 1.27. The van der Waals surface area contributed by atoms with Crippen molar-refractivity contribution in [2.75, 3.05) is 5.32 Å². The number of hydrogen-bond donors (Lipinski definition) is 2. The number of hydrogen-bond acceptors (Lipinski definition) is 6. The first-order valence-corrected chi connectivity index (χ1v) is 6.26. The Balaban J connectivity index is 2.15. The Bertz CT molecular complexity index is 518. The maximum Gasteiger partial charge on any atom is 0.193 e. The van der Waals surface area contributed by atoms with Gasteiger partial charge in [-0.15, -0.1) is 10.2 Å². The predicted molar refractivity (Wildman–Crippen MR) is 69.9 cm³/mol. The second-order valence-electron chi connectivity index (χ2n) is 4.83. The number of H-pyrrole nitrogens is 1. The zero-order valence-corrected chi connectivity index (χ0v) is 12.0. The van der Waals surface area contributed by atoms with Crippen LogP contribution in [-0.2, 0) is 12.0 Å². The van der Waals surface area contributed by atoms with Gasteiger partial charge in [-0.05, 0) is 15.9 Å². The molecule has 0 radical (unpaired) electrons. The van der Waals surface area contributed by atoms with E-state index in [1.54, 1.807) is 0 Å². The Morgan fingerprint density at radius 3 is 2.72 bits per heavy atom. The molecular formula is C10H14BrN7. The minimum atomic E-state index is -0.105. The summed E-state index contributed by atoms with van der Waals surface area (Å²) >= 11 is 3.38. The van der Waals surface area contributed by atoms with Crippen molar-refractivity contribution in [3.8, 4) is 0 Å². The molecule has 7 nitrogen and oxygen atoms in total. The zero-order chi connectivity index (χ0) is 13.2. The number of nitrogens with one attached hydrogen (secondary N) is 2. The van der Waals surface area contributed by atoms with Crippen molar-refractivity contribution in [2.45, 2.75) is 32.7 Å². The van der Waals surface area contributed by atoms with Gasteiger partial charge >= 0.3 is 0 Å². The van der Waals surface area contributed by atoms with E-state index in [0.717, 1.165) is 16.2 Å². The highest BCUT2D eigenvalue weighted by Crippen LogP contribution is 2.22. The van der Waals surface area contributed by atoms with Crippen LogP contribution in [0.3, 0.4) is 0 Å². The lowest BCUT2D eigenvalue weighted by atomic mass is 9.96. The lowest BCUT2D eigenvalue weighted by Gasteiger charge is -2.17. The largest absolute Gasteiger partial charge is 0.362 e. The fraction of sp³-hybridized carbons (Fsp3) is 0.500. The van der Waals surface area contributed by atoms with E-state index >= 15 is 0 Å². The highest BCUT2D eigenvalue weighted by molar-refractivity contribution is 9.10. The van der Waals surface area contributed by atoms with E-state index in [4.69, 9.17) is 0 Å². The summed E-state index contributed by atoms with van der Waals surface area (Å²) in [6.45, 7) is 6.66. The van der Waals surface area contributed by atoms with Gasteiger partial charge in [0.1, 0.15) is 16.2 Å². The summed E-state index contributed by atoms with van der Waals surface area (Å²) in [4.78, 5) is 8.83. The monoisotopic (exact) mass is 311 g/mol. The molecule has 2 heterocycles. The van der Waals surface area contributed by atoms with Gasteiger partial charge in [0.15, 0.2) is 5.82 Å². The van der Waals surface area contributed by atoms with E-state index in [1.165, 1.54) is 0 Å². The van der Waals surface area contributed by atoms with E-state index in [1.807, 2.05) is 6.07 Å². The standard InChI is InChI=1S/C10H14BrN7/c1-10(2,3)9-13-6(11)4-7(14-9)12-5-8-15-17-18-16-8/h4H,5H2,1-3H3,(H,12,13,14)(H,15,16,17,18). The summed E-state index contributed by atoms with van der Waals surface area (Å²) in [5, 5.41) is 16.7. The number of tetrazole rings is 1. The SMILES string of the molecule is CC(C)(C)c1nc(Br)cc(NCc2nn[nH]n2)n1. The Labute approximate surface area is 113 Å². The smallest absolute Gasteiger partial charge is 0.193 e. The van der Waals surface area contributed by atoms with Crippen LogP contribution in [0.5, 0.6) is 0 Å². The number of rotatable bonds is 3. The third-order valence-corrected chi connectivity index (χ3v) is 2.59. The van der Waals surface area contributed by atoms with Gasteiger partial charge in [-0.1, -0.05) is 26.0 Å². The second kappa shape index (κ2) is 4.97. The first kappa shape index (κ1) is 12.9. The summed E-state index contributed by atoms with van der Waals surface area (Å²) in [6, 6.07) is 1.81. The van der Waals surface area contributed by atoms with Crippen LogP contribution < -0.4 is 5.32 Å². The topological polar surface area (TPSA) is 92.3 Å². The molecule has 0 bridgehead atoms. The van der Waals surface area contributed by atoms with Crippen LogP contribution in [0.2, 0.25) is 0 Å². The molecule has 18 heavy (non-hydrogen) atoms. The average Bonchev–Trinajstić information content (AvgIpc) is 2.77. The molecule has 0 atom stereocenters. The molecular weight excluding hydrogens is 298 g/mol. The third kappa shape index (κ3) is 3.22. The lowest BCUT2D eigenvalue weighted by Crippen LogP contribution is -2.17.